The van der Waals surface area contributed by atoms with E-state index in [1.807, 2.05) is 56.8 Å². The van der Waals surface area contributed by atoms with Crippen molar-refractivity contribution < 1.29 is 14.3 Å². The van der Waals surface area contributed by atoms with Crippen LogP contribution in [0.15, 0.2) is 36.7 Å². The van der Waals surface area contributed by atoms with Crippen molar-refractivity contribution in [2.45, 2.75) is 33.0 Å². The largest absolute Gasteiger partial charge is 0.484 e. The Bertz CT molecular complexity index is 774. The van der Waals surface area contributed by atoms with Gasteiger partial charge >= 0.3 is 6.09 Å². The molecule has 0 saturated carbocycles. The molecule has 0 bridgehead atoms. The number of anilines is 1. The zero-order chi connectivity index (χ0) is 19.4. The molecule has 0 unspecified atom stereocenters. The van der Waals surface area contributed by atoms with Gasteiger partial charge in [-0.2, -0.15) is 0 Å². The molecule has 1 aliphatic rings. The Morgan fingerprint density at radius 2 is 1.85 bits per heavy atom. The molecule has 0 atom stereocenters. The Morgan fingerprint density at radius 1 is 1.15 bits per heavy atom. The van der Waals surface area contributed by atoms with E-state index in [9.17, 15) is 4.79 Å². The van der Waals surface area contributed by atoms with Gasteiger partial charge in [0.1, 0.15) is 23.8 Å². The van der Waals surface area contributed by atoms with E-state index in [-0.39, 0.29) is 6.09 Å². The number of hydrogen-bond acceptors (Lipinski definition) is 5. The summed E-state index contributed by atoms with van der Waals surface area (Å²) in [6.07, 6.45) is 3.42. The molecule has 0 aliphatic carbocycles. The third kappa shape index (κ3) is 4.93. The topological polar surface area (TPSA) is 59.8 Å². The van der Waals surface area contributed by atoms with Crippen LogP contribution in [0.4, 0.5) is 10.5 Å². The molecular weight excluding hydrogens is 344 g/mol. The second-order valence-corrected chi connectivity index (χ2v) is 7.67. The smallest absolute Gasteiger partial charge is 0.410 e. The summed E-state index contributed by atoms with van der Waals surface area (Å²) in [5, 5.41) is 0. The molecule has 1 fully saturated rings. The minimum Gasteiger partial charge on any atom is -0.484 e. The van der Waals surface area contributed by atoms with E-state index in [4.69, 9.17) is 9.47 Å². The Hall–Kier alpha value is -2.70. The Labute approximate surface area is 160 Å². The van der Waals surface area contributed by atoms with Crippen LogP contribution in [-0.2, 0) is 18.4 Å². The van der Waals surface area contributed by atoms with Gasteiger partial charge in [0.25, 0.3) is 0 Å². The van der Waals surface area contributed by atoms with Gasteiger partial charge < -0.3 is 23.8 Å². The summed E-state index contributed by atoms with van der Waals surface area (Å²) in [6.45, 7) is 8.80. The number of imidazole rings is 1. The first-order valence-corrected chi connectivity index (χ1v) is 9.24. The molecular formula is C20H28N4O3. The van der Waals surface area contributed by atoms with Crippen LogP contribution >= 0.6 is 0 Å². The summed E-state index contributed by atoms with van der Waals surface area (Å²) < 4.78 is 13.4. The quantitative estimate of drug-likeness (QED) is 0.826. The molecule has 1 aliphatic heterocycles. The fourth-order valence-corrected chi connectivity index (χ4v) is 2.97. The fraction of sp³-hybridized carbons (Fsp3) is 0.500. The number of carbonyl (C=O) groups excluding carboxylic acids is 1. The van der Waals surface area contributed by atoms with Crippen molar-refractivity contribution in [3.05, 3.63) is 42.5 Å². The van der Waals surface area contributed by atoms with Crippen molar-refractivity contribution >= 4 is 11.8 Å². The fourth-order valence-electron chi connectivity index (χ4n) is 2.97. The minimum atomic E-state index is -0.473. The molecule has 3 rings (SSSR count). The molecule has 1 saturated heterocycles. The highest BCUT2D eigenvalue weighted by molar-refractivity contribution is 5.69. The SMILES string of the molecule is Cn1ccnc1COc1ccccc1N1CCN(C(=O)OC(C)(C)C)CC1. The average molecular weight is 372 g/mol. The number of aryl methyl sites for hydroxylation is 1. The van der Waals surface area contributed by atoms with Gasteiger partial charge in [-0.25, -0.2) is 9.78 Å². The van der Waals surface area contributed by atoms with Crippen molar-refractivity contribution in [1.82, 2.24) is 14.5 Å². The number of rotatable bonds is 4. The molecule has 0 spiro atoms. The van der Waals surface area contributed by atoms with Gasteiger partial charge in [-0.1, -0.05) is 12.1 Å². The Balaban J connectivity index is 1.61. The number of nitrogens with zero attached hydrogens (tertiary/aromatic N) is 4. The summed E-state index contributed by atoms with van der Waals surface area (Å²) in [5.41, 5.74) is 0.565. The highest BCUT2D eigenvalue weighted by atomic mass is 16.6. The van der Waals surface area contributed by atoms with Crippen molar-refractivity contribution in [3.8, 4) is 5.75 Å². The predicted molar refractivity (Wildman–Crippen MR) is 104 cm³/mol. The molecule has 2 heterocycles. The first-order valence-electron chi connectivity index (χ1n) is 9.24. The molecule has 0 radical (unpaired) electrons. The predicted octanol–water partition coefficient (Wildman–Crippen LogP) is 3.06. The van der Waals surface area contributed by atoms with Gasteiger partial charge in [-0.05, 0) is 32.9 Å². The zero-order valence-corrected chi connectivity index (χ0v) is 16.5. The monoisotopic (exact) mass is 372 g/mol. The summed E-state index contributed by atoms with van der Waals surface area (Å²) in [6, 6.07) is 7.99. The molecule has 146 valence electrons. The number of aromatic nitrogens is 2. The highest BCUT2D eigenvalue weighted by Crippen LogP contribution is 2.29. The van der Waals surface area contributed by atoms with Crippen molar-refractivity contribution in [1.29, 1.82) is 0 Å². The standard InChI is InChI=1S/C20H28N4O3/c1-20(2,3)27-19(25)24-13-11-23(12-14-24)16-7-5-6-8-17(16)26-15-18-21-9-10-22(18)4/h5-10H,11-15H2,1-4H3. The summed E-state index contributed by atoms with van der Waals surface area (Å²) in [7, 11) is 1.95. The van der Waals surface area contributed by atoms with Crippen molar-refractivity contribution in [3.63, 3.8) is 0 Å². The first-order chi connectivity index (χ1) is 12.8. The average Bonchev–Trinajstić information content (AvgIpc) is 3.04. The van der Waals surface area contributed by atoms with Gasteiger partial charge in [-0.15, -0.1) is 0 Å². The van der Waals surface area contributed by atoms with Gasteiger partial charge in [0.2, 0.25) is 0 Å². The van der Waals surface area contributed by atoms with Crippen LogP contribution in [0.2, 0.25) is 0 Å². The lowest BCUT2D eigenvalue weighted by atomic mass is 10.2. The number of ether oxygens (including phenoxy) is 2. The van der Waals surface area contributed by atoms with Crippen molar-refractivity contribution in [2.24, 2.45) is 7.05 Å². The number of amides is 1. The molecule has 7 nitrogen and oxygen atoms in total. The van der Waals surface area contributed by atoms with Crippen LogP contribution in [0.5, 0.6) is 5.75 Å². The van der Waals surface area contributed by atoms with Gasteiger partial charge in [0.15, 0.2) is 0 Å². The zero-order valence-electron chi connectivity index (χ0n) is 16.5. The summed E-state index contributed by atoms with van der Waals surface area (Å²) >= 11 is 0. The molecule has 0 N–H and O–H groups in total. The maximum atomic E-state index is 12.2. The van der Waals surface area contributed by atoms with E-state index in [1.54, 1.807) is 11.1 Å². The third-order valence-corrected chi connectivity index (χ3v) is 4.42. The second-order valence-electron chi connectivity index (χ2n) is 7.67. The molecule has 1 amide bonds. The number of piperazine rings is 1. The first kappa shape index (κ1) is 19.1. The molecule has 2 aromatic rings. The molecule has 1 aromatic heterocycles. The summed E-state index contributed by atoms with van der Waals surface area (Å²) in [4.78, 5) is 20.5. The number of hydrogen-bond donors (Lipinski definition) is 0. The highest BCUT2D eigenvalue weighted by Gasteiger charge is 2.26. The minimum absolute atomic E-state index is 0.249. The second kappa shape index (κ2) is 7.90. The Kier molecular flexibility index (Phi) is 5.58. The molecule has 27 heavy (non-hydrogen) atoms. The maximum absolute atomic E-state index is 12.2. The molecule has 1 aromatic carbocycles. The maximum Gasteiger partial charge on any atom is 0.410 e. The van der Waals surface area contributed by atoms with Crippen LogP contribution in [0.1, 0.15) is 26.6 Å². The summed E-state index contributed by atoms with van der Waals surface area (Å²) in [5.74, 6) is 1.70. The van der Waals surface area contributed by atoms with Crippen LogP contribution in [0.25, 0.3) is 0 Å². The van der Waals surface area contributed by atoms with Crippen molar-refractivity contribution in [2.75, 3.05) is 31.1 Å². The van der Waals surface area contributed by atoms with Gasteiger partial charge in [-0.3, -0.25) is 0 Å². The van der Waals surface area contributed by atoms with Crippen LogP contribution < -0.4 is 9.64 Å². The van der Waals surface area contributed by atoms with Crippen LogP contribution in [0.3, 0.4) is 0 Å². The van der Waals surface area contributed by atoms with E-state index in [2.05, 4.69) is 16.0 Å². The van der Waals surface area contributed by atoms with E-state index in [1.165, 1.54) is 0 Å². The van der Waals surface area contributed by atoms with E-state index in [0.29, 0.717) is 19.7 Å². The van der Waals surface area contributed by atoms with E-state index in [0.717, 1.165) is 30.4 Å². The Morgan fingerprint density at radius 3 is 2.48 bits per heavy atom. The lowest BCUT2D eigenvalue weighted by molar-refractivity contribution is 0.0240. The number of carbonyl (C=O) groups is 1. The van der Waals surface area contributed by atoms with Crippen LogP contribution in [0, 0.1) is 0 Å². The van der Waals surface area contributed by atoms with E-state index < -0.39 is 5.60 Å². The molecule has 7 heteroatoms. The van der Waals surface area contributed by atoms with E-state index >= 15 is 0 Å². The van der Waals surface area contributed by atoms with Gasteiger partial charge in [0, 0.05) is 45.6 Å². The lowest BCUT2D eigenvalue weighted by Gasteiger charge is -2.37. The lowest BCUT2D eigenvalue weighted by Crippen LogP contribution is -2.50. The normalized spacial score (nSPS) is 15.0. The van der Waals surface area contributed by atoms with Crippen LogP contribution in [-0.4, -0.2) is 52.3 Å². The number of para-hydroxylation sites is 2. The number of benzene rings is 1. The van der Waals surface area contributed by atoms with Gasteiger partial charge in [0.05, 0.1) is 5.69 Å². The third-order valence-electron chi connectivity index (χ3n) is 4.42.